The number of nitrogens with one attached hydrogen (secondary N) is 1. The van der Waals surface area contributed by atoms with Gasteiger partial charge < -0.3 is 10.2 Å². The maximum atomic E-state index is 13.7. The number of benzene rings is 1. The SMILES string of the molecule is CC1(C(=O)NCC2CCCC2(F)F)CCN(c2ccc(Cl)cc2C#N)CC1. The van der Waals surface area contributed by atoms with Crippen LogP contribution in [0.2, 0.25) is 5.02 Å². The Balaban J connectivity index is 1.59. The minimum atomic E-state index is -2.67. The molecule has 1 aromatic carbocycles. The first-order chi connectivity index (χ1) is 12.7. The molecule has 27 heavy (non-hydrogen) atoms. The Bertz CT molecular complexity index is 754. The van der Waals surface area contributed by atoms with E-state index < -0.39 is 17.3 Å². The first-order valence-corrected chi connectivity index (χ1v) is 9.74. The molecular weight excluding hydrogens is 372 g/mol. The second-order valence-electron chi connectivity index (χ2n) is 7.88. The lowest BCUT2D eigenvalue weighted by Crippen LogP contribution is -2.49. The zero-order valence-corrected chi connectivity index (χ0v) is 16.2. The van der Waals surface area contributed by atoms with Crippen LogP contribution >= 0.6 is 11.6 Å². The molecule has 1 heterocycles. The summed E-state index contributed by atoms with van der Waals surface area (Å²) in [5.74, 6) is -3.57. The van der Waals surface area contributed by atoms with Crippen molar-refractivity contribution >= 4 is 23.2 Å². The number of rotatable bonds is 4. The summed E-state index contributed by atoms with van der Waals surface area (Å²) in [5.41, 5.74) is 0.748. The van der Waals surface area contributed by atoms with Gasteiger partial charge in [0.25, 0.3) is 5.92 Å². The van der Waals surface area contributed by atoms with Gasteiger partial charge in [-0.05, 0) is 43.9 Å². The molecule has 0 bridgehead atoms. The van der Waals surface area contributed by atoms with Gasteiger partial charge in [-0.15, -0.1) is 0 Å². The number of halogens is 3. The molecule has 1 N–H and O–H groups in total. The van der Waals surface area contributed by atoms with Crippen molar-refractivity contribution in [3.8, 4) is 6.07 Å². The van der Waals surface area contributed by atoms with Gasteiger partial charge in [0.15, 0.2) is 0 Å². The maximum absolute atomic E-state index is 13.7. The second kappa shape index (κ2) is 7.63. The molecule has 0 aromatic heterocycles. The smallest absolute Gasteiger partial charge is 0.252 e. The summed E-state index contributed by atoms with van der Waals surface area (Å²) in [4.78, 5) is 14.7. The van der Waals surface area contributed by atoms with Gasteiger partial charge in [0, 0.05) is 42.4 Å². The highest BCUT2D eigenvalue weighted by Gasteiger charge is 2.44. The van der Waals surface area contributed by atoms with E-state index >= 15 is 0 Å². The van der Waals surface area contributed by atoms with E-state index in [9.17, 15) is 18.8 Å². The number of hydrogen-bond acceptors (Lipinski definition) is 3. The van der Waals surface area contributed by atoms with E-state index in [1.54, 1.807) is 12.1 Å². The Kier molecular flexibility index (Phi) is 5.62. The third-order valence-electron chi connectivity index (χ3n) is 6.00. The van der Waals surface area contributed by atoms with Crippen LogP contribution in [0, 0.1) is 22.7 Å². The zero-order chi connectivity index (χ0) is 19.7. The Morgan fingerprint density at radius 1 is 1.37 bits per heavy atom. The lowest BCUT2D eigenvalue weighted by molar-refractivity contribution is -0.132. The van der Waals surface area contributed by atoms with Crippen LogP contribution in [0.25, 0.3) is 0 Å². The number of piperidine rings is 1. The standard InChI is InChI=1S/C20H24ClF2N3O/c1-19(18(27)25-13-15-3-2-6-20(15,22)23)7-9-26(10-8-19)17-5-4-16(21)11-14(17)12-24/h4-5,11,15H,2-3,6-10,13H2,1H3,(H,25,27). The van der Waals surface area contributed by atoms with Crippen LogP contribution in [-0.4, -0.2) is 31.5 Å². The van der Waals surface area contributed by atoms with Crippen LogP contribution < -0.4 is 10.2 Å². The molecule has 3 rings (SSSR count). The highest BCUT2D eigenvalue weighted by atomic mass is 35.5. The van der Waals surface area contributed by atoms with Crippen molar-refractivity contribution in [3.63, 3.8) is 0 Å². The molecule has 1 saturated carbocycles. The molecule has 1 atom stereocenters. The lowest BCUT2D eigenvalue weighted by atomic mass is 9.79. The van der Waals surface area contributed by atoms with Crippen LogP contribution in [0.3, 0.4) is 0 Å². The van der Waals surface area contributed by atoms with Gasteiger partial charge in [-0.25, -0.2) is 8.78 Å². The Hall–Kier alpha value is -1.87. The van der Waals surface area contributed by atoms with Crippen molar-refractivity contribution < 1.29 is 13.6 Å². The number of nitrogens with zero attached hydrogens (tertiary/aromatic N) is 2. The molecule has 1 unspecified atom stereocenters. The van der Waals surface area contributed by atoms with Crippen molar-refractivity contribution in [2.75, 3.05) is 24.5 Å². The van der Waals surface area contributed by atoms with Crippen molar-refractivity contribution in [3.05, 3.63) is 28.8 Å². The molecule has 0 spiro atoms. The van der Waals surface area contributed by atoms with Crippen LogP contribution in [0.1, 0.15) is 44.6 Å². The molecule has 7 heteroatoms. The third-order valence-corrected chi connectivity index (χ3v) is 6.24. The van der Waals surface area contributed by atoms with Crippen LogP contribution in [0.4, 0.5) is 14.5 Å². The number of nitriles is 1. The molecule has 2 fully saturated rings. The quantitative estimate of drug-likeness (QED) is 0.823. The van der Waals surface area contributed by atoms with Crippen molar-refractivity contribution in [2.24, 2.45) is 11.3 Å². The Morgan fingerprint density at radius 2 is 2.07 bits per heavy atom. The largest absolute Gasteiger partial charge is 0.370 e. The first-order valence-electron chi connectivity index (χ1n) is 9.36. The topological polar surface area (TPSA) is 56.1 Å². The van der Waals surface area contributed by atoms with E-state index in [1.165, 1.54) is 0 Å². The van der Waals surface area contributed by atoms with Gasteiger partial charge in [-0.2, -0.15) is 5.26 Å². The van der Waals surface area contributed by atoms with Crippen LogP contribution in [0.5, 0.6) is 0 Å². The summed E-state index contributed by atoms with van der Waals surface area (Å²) < 4.78 is 27.5. The van der Waals surface area contributed by atoms with E-state index in [0.29, 0.717) is 49.4 Å². The van der Waals surface area contributed by atoms with E-state index in [2.05, 4.69) is 16.3 Å². The average molecular weight is 396 g/mol. The van der Waals surface area contributed by atoms with Crippen LogP contribution in [0.15, 0.2) is 18.2 Å². The molecule has 146 valence electrons. The van der Waals surface area contributed by atoms with Gasteiger partial charge in [-0.3, -0.25) is 4.79 Å². The van der Waals surface area contributed by atoms with Crippen molar-refractivity contribution in [1.82, 2.24) is 5.32 Å². The minimum absolute atomic E-state index is 0.0426. The number of amides is 1. The summed E-state index contributed by atoms with van der Waals surface area (Å²) in [5, 5.41) is 12.6. The summed E-state index contributed by atoms with van der Waals surface area (Å²) >= 11 is 5.95. The molecule has 1 aromatic rings. The molecule has 2 aliphatic rings. The van der Waals surface area contributed by atoms with E-state index in [1.807, 2.05) is 13.0 Å². The molecule has 1 aliphatic heterocycles. The van der Waals surface area contributed by atoms with Crippen molar-refractivity contribution in [1.29, 1.82) is 5.26 Å². The molecule has 0 radical (unpaired) electrons. The predicted octanol–water partition coefficient (Wildman–Crippen LogP) is 4.37. The molecule has 4 nitrogen and oxygen atoms in total. The van der Waals surface area contributed by atoms with E-state index in [-0.39, 0.29) is 18.9 Å². The maximum Gasteiger partial charge on any atom is 0.252 e. The molecule has 1 saturated heterocycles. The summed E-state index contributed by atoms with van der Waals surface area (Å²) in [6.45, 7) is 3.18. The number of hydrogen-bond donors (Lipinski definition) is 1. The van der Waals surface area contributed by atoms with Crippen molar-refractivity contribution in [2.45, 2.75) is 45.0 Å². The fourth-order valence-corrected chi connectivity index (χ4v) is 4.19. The highest BCUT2D eigenvalue weighted by Crippen LogP contribution is 2.40. The monoisotopic (exact) mass is 395 g/mol. The predicted molar refractivity (Wildman–Crippen MR) is 101 cm³/mol. The highest BCUT2D eigenvalue weighted by molar-refractivity contribution is 6.30. The van der Waals surface area contributed by atoms with Crippen LogP contribution in [-0.2, 0) is 4.79 Å². The molecule has 1 amide bonds. The Morgan fingerprint density at radius 3 is 2.67 bits per heavy atom. The van der Waals surface area contributed by atoms with Gasteiger partial charge in [0.1, 0.15) is 6.07 Å². The zero-order valence-electron chi connectivity index (χ0n) is 15.4. The van der Waals surface area contributed by atoms with Gasteiger partial charge in [0.05, 0.1) is 11.3 Å². The number of carbonyl (C=O) groups is 1. The summed E-state index contributed by atoms with van der Waals surface area (Å²) in [6.07, 6.45) is 2.11. The lowest BCUT2D eigenvalue weighted by Gasteiger charge is -2.40. The number of carbonyl (C=O) groups excluding carboxylic acids is 1. The Labute approximate surface area is 163 Å². The second-order valence-corrected chi connectivity index (χ2v) is 8.32. The molecule has 1 aliphatic carbocycles. The van der Waals surface area contributed by atoms with E-state index in [0.717, 1.165) is 5.69 Å². The normalized spacial score (nSPS) is 23.7. The number of anilines is 1. The van der Waals surface area contributed by atoms with E-state index in [4.69, 9.17) is 11.6 Å². The average Bonchev–Trinajstić information content (AvgIpc) is 2.98. The third kappa shape index (κ3) is 4.19. The minimum Gasteiger partial charge on any atom is -0.370 e. The molecular formula is C20H24ClF2N3O. The summed E-state index contributed by atoms with van der Waals surface area (Å²) in [6, 6.07) is 7.37. The first kappa shape index (κ1) is 19.9. The van der Waals surface area contributed by atoms with Gasteiger partial charge in [0.2, 0.25) is 5.91 Å². The fourth-order valence-electron chi connectivity index (χ4n) is 4.02. The van der Waals surface area contributed by atoms with Gasteiger partial charge in [-0.1, -0.05) is 18.5 Å². The van der Waals surface area contributed by atoms with Gasteiger partial charge >= 0.3 is 0 Å². The fraction of sp³-hybridized carbons (Fsp3) is 0.600. The summed E-state index contributed by atoms with van der Waals surface area (Å²) in [7, 11) is 0. The number of alkyl halides is 2.